The van der Waals surface area contributed by atoms with Gasteiger partial charge in [-0.2, -0.15) is 0 Å². The molecule has 0 saturated heterocycles. The van der Waals surface area contributed by atoms with Gasteiger partial charge in [-0.05, 0) is 18.1 Å². The van der Waals surface area contributed by atoms with E-state index in [-0.39, 0.29) is 11.7 Å². The topological polar surface area (TPSA) is 41.1 Å². The zero-order valence-electron chi connectivity index (χ0n) is 12.5. The third-order valence-electron chi connectivity index (χ3n) is 3.38. The summed E-state index contributed by atoms with van der Waals surface area (Å²) >= 11 is 0. The highest BCUT2D eigenvalue weighted by Gasteiger charge is 2.02. The molecule has 0 aromatic heterocycles. The van der Waals surface area contributed by atoms with Gasteiger partial charge in [-0.15, -0.1) is 0 Å². The molecule has 0 heterocycles. The minimum atomic E-state index is -0.220. The number of hydrogen-bond acceptors (Lipinski definition) is 2. The number of rotatable bonds is 8. The Morgan fingerprint density at radius 3 is 2.45 bits per heavy atom. The fourth-order valence-corrected chi connectivity index (χ4v) is 2.15. The van der Waals surface area contributed by atoms with Crippen molar-refractivity contribution >= 4 is 5.91 Å². The summed E-state index contributed by atoms with van der Waals surface area (Å²) in [4.78, 5) is 11.7. The number of nitrogens with one attached hydrogen (secondary N) is 2. The quantitative estimate of drug-likeness (QED) is 0.736. The van der Waals surface area contributed by atoms with Crippen molar-refractivity contribution in [2.75, 3.05) is 13.1 Å². The summed E-state index contributed by atoms with van der Waals surface area (Å²) in [5, 5.41) is 5.97. The monoisotopic (exact) mass is 300 g/mol. The van der Waals surface area contributed by atoms with Crippen LogP contribution in [0.2, 0.25) is 0 Å². The molecule has 0 atom stereocenters. The lowest BCUT2D eigenvalue weighted by Crippen LogP contribution is -2.29. The van der Waals surface area contributed by atoms with Crippen molar-refractivity contribution in [1.29, 1.82) is 0 Å². The summed E-state index contributed by atoms with van der Waals surface area (Å²) in [5.41, 5.74) is 1.83. The summed E-state index contributed by atoms with van der Waals surface area (Å²) in [6, 6.07) is 16.7. The highest BCUT2D eigenvalue weighted by molar-refractivity contribution is 5.76. The molecule has 0 saturated carbocycles. The van der Waals surface area contributed by atoms with E-state index in [1.54, 1.807) is 18.2 Å². The number of benzene rings is 2. The summed E-state index contributed by atoms with van der Waals surface area (Å²) in [7, 11) is 0. The second-order valence-corrected chi connectivity index (χ2v) is 5.10. The van der Waals surface area contributed by atoms with Crippen LogP contribution in [0.15, 0.2) is 54.6 Å². The van der Waals surface area contributed by atoms with Crippen LogP contribution in [0.4, 0.5) is 4.39 Å². The fourth-order valence-electron chi connectivity index (χ4n) is 2.15. The molecule has 0 aliphatic rings. The Kier molecular flexibility index (Phi) is 6.58. The number of carbonyl (C=O) groups is 1. The average Bonchev–Trinajstić information content (AvgIpc) is 2.54. The highest BCUT2D eigenvalue weighted by atomic mass is 19.1. The smallest absolute Gasteiger partial charge is 0.221 e. The van der Waals surface area contributed by atoms with E-state index >= 15 is 0 Å². The van der Waals surface area contributed by atoms with Crippen LogP contribution in [0, 0.1) is 5.82 Å². The Bertz CT molecular complexity index is 587. The van der Waals surface area contributed by atoms with E-state index in [9.17, 15) is 9.18 Å². The predicted octanol–water partition coefficient (Wildman–Crippen LogP) is 2.66. The minimum Gasteiger partial charge on any atom is -0.356 e. The van der Waals surface area contributed by atoms with Gasteiger partial charge in [-0.1, -0.05) is 48.5 Å². The maximum Gasteiger partial charge on any atom is 0.221 e. The van der Waals surface area contributed by atoms with Crippen molar-refractivity contribution in [3.8, 4) is 0 Å². The van der Waals surface area contributed by atoms with Crippen LogP contribution in [-0.4, -0.2) is 19.0 Å². The van der Waals surface area contributed by atoms with Crippen molar-refractivity contribution in [2.24, 2.45) is 0 Å². The van der Waals surface area contributed by atoms with Gasteiger partial charge in [0.2, 0.25) is 5.91 Å². The van der Waals surface area contributed by atoms with Gasteiger partial charge in [0.15, 0.2) is 0 Å². The van der Waals surface area contributed by atoms with Gasteiger partial charge in [-0.3, -0.25) is 4.79 Å². The second-order valence-electron chi connectivity index (χ2n) is 5.10. The standard InChI is InChI=1S/C18H21FN2O/c19-17-9-5-4-8-16(17)14-20-12-11-18(22)21-13-10-15-6-2-1-3-7-15/h1-9,20H,10-14H2,(H,21,22). The van der Waals surface area contributed by atoms with E-state index in [0.29, 0.717) is 31.6 Å². The molecule has 0 bridgehead atoms. The van der Waals surface area contributed by atoms with Gasteiger partial charge >= 0.3 is 0 Å². The molecule has 3 nitrogen and oxygen atoms in total. The number of carbonyl (C=O) groups excluding carboxylic acids is 1. The molecule has 1 amide bonds. The minimum absolute atomic E-state index is 0.0111. The molecule has 0 unspecified atom stereocenters. The third kappa shape index (κ3) is 5.66. The molecular formula is C18H21FN2O. The van der Waals surface area contributed by atoms with E-state index in [0.717, 1.165) is 6.42 Å². The van der Waals surface area contributed by atoms with Gasteiger partial charge in [0.1, 0.15) is 5.82 Å². The zero-order chi connectivity index (χ0) is 15.6. The molecule has 0 fully saturated rings. The summed E-state index contributed by atoms with van der Waals surface area (Å²) < 4.78 is 13.4. The number of hydrogen-bond donors (Lipinski definition) is 2. The van der Waals surface area contributed by atoms with Crippen LogP contribution in [0.25, 0.3) is 0 Å². The lowest BCUT2D eigenvalue weighted by Gasteiger charge is -2.07. The van der Waals surface area contributed by atoms with Gasteiger partial charge in [0, 0.05) is 31.6 Å². The summed E-state index contributed by atoms with van der Waals surface area (Å²) in [6.45, 7) is 1.60. The van der Waals surface area contributed by atoms with E-state index in [4.69, 9.17) is 0 Å². The van der Waals surface area contributed by atoms with Crippen molar-refractivity contribution in [3.05, 3.63) is 71.5 Å². The molecule has 116 valence electrons. The lowest BCUT2D eigenvalue weighted by molar-refractivity contribution is -0.120. The highest BCUT2D eigenvalue weighted by Crippen LogP contribution is 2.05. The molecule has 2 aromatic rings. The average molecular weight is 300 g/mol. The Morgan fingerprint density at radius 2 is 1.68 bits per heavy atom. The second kappa shape index (κ2) is 8.95. The Balaban J connectivity index is 1.57. The molecule has 22 heavy (non-hydrogen) atoms. The maximum atomic E-state index is 13.4. The lowest BCUT2D eigenvalue weighted by atomic mass is 10.1. The van der Waals surface area contributed by atoms with Crippen LogP contribution in [0.1, 0.15) is 17.5 Å². The van der Waals surface area contributed by atoms with Gasteiger partial charge in [0.05, 0.1) is 0 Å². The van der Waals surface area contributed by atoms with Gasteiger partial charge in [-0.25, -0.2) is 4.39 Å². The molecule has 0 radical (unpaired) electrons. The Morgan fingerprint density at radius 1 is 0.955 bits per heavy atom. The first-order chi connectivity index (χ1) is 10.8. The number of halogens is 1. The summed E-state index contributed by atoms with van der Waals surface area (Å²) in [6.07, 6.45) is 1.22. The van der Waals surface area contributed by atoms with Crippen LogP contribution < -0.4 is 10.6 Å². The first-order valence-electron chi connectivity index (χ1n) is 7.50. The largest absolute Gasteiger partial charge is 0.356 e. The van der Waals surface area contributed by atoms with Crippen molar-refractivity contribution in [3.63, 3.8) is 0 Å². The van der Waals surface area contributed by atoms with E-state index < -0.39 is 0 Å². The van der Waals surface area contributed by atoms with Gasteiger partial charge < -0.3 is 10.6 Å². The van der Waals surface area contributed by atoms with Crippen LogP contribution in [0.3, 0.4) is 0 Å². The summed E-state index contributed by atoms with van der Waals surface area (Å²) in [5.74, 6) is -0.209. The third-order valence-corrected chi connectivity index (χ3v) is 3.38. The van der Waals surface area contributed by atoms with Crippen LogP contribution in [0.5, 0.6) is 0 Å². The first kappa shape index (κ1) is 16.2. The Hall–Kier alpha value is -2.20. The molecule has 2 aromatic carbocycles. The normalized spacial score (nSPS) is 10.4. The van der Waals surface area contributed by atoms with E-state index in [2.05, 4.69) is 10.6 Å². The van der Waals surface area contributed by atoms with E-state index in [1.165, 1.54) is 11.6 Å². The van der Waals surface area contributed by atoms with Gasteiger partial charge in [0.25, 0.3) is 0 Å². The molecule has 2 N–H and O–H groups in total. The Labute approximate surface area is 130 Å². The van der Waals surface area contributed by atoms with Crippen LogP contribution >= 0.6 is 0 Å². The molecule has 0 aliphatic carbocycles. The first-order valence-corrected chi connectivity index (χ1v) is 7.50. The van der Waals surface area contributed by atoms with Crippen molar-refractivity contribution < 1.29 is 9.18 Å². The predicted molar refractivity (Wildman–Crippen MR) is 85.9 cm³/mol. The van der Waals surface area contributed by atoms with Crippen LogP contribution in [-0.2, 0) is 17.8 Å². The van der Waals surface area contributed by atoms with E-state index in [1.807, 2.05) is 30.3 Å². The fraction of sp³-hybridized carbons (Fsp3) is 0.278. The zero-order valence-corrected chi connectivity index (χ0v) is 12.5. The molecular weight excluding hydrogens is 279 g/mol. The molecule has 2 rings (SSSR count). The molecule has 0 aliphatic heterocycles. The van der Waals surface area contributed by atoms with Crippen molar-refractivity contribution in [1.82, 2.24) is 10.6 Å². The SMILES string of the molecule is O=C(CCNCc1ccccc1F)NCCc1ccccc1. The maximum absolute atomic E-state index is 13.4. The molecule has 0 spiro atoms. The number of amides is 1. The molecule has 4 heteroatoms. The van der Waals surface area contributed by atoms with Crippen molar-refractivity contribution in [2.45, 2.75) is 19.4 Å².